The highest BCUT2D eigenvalue weighted by Crippen LogP contribution is 2.32. The minimum Gasteiger partial charge on any atom is -0.369 e. The van der Waals surface area contributed by atoms with Gasteiger partial charge < -0.3 is 9.64 Å². The monoisotopic (exact) mass is 396 g/mol. The molecule has 0 radical (unpaired) electrons. The molecule has 1 saturated heterocycles. The van der Waals surface area contributed by atoms with Crippen molar-refractivity contribution in [1.82, 2.24) is 24.6 Å². The number of halogens is 1. The smallest absolute Gasteiger partial charge is 0.225 e. The number of aryl methyl sites for hydroxylation is 1. The Labute approximate surface area is 169 Å². The molecule has 1 aliphatic rings. The number of nitrogens with zero attached hydrogens (tertiary/aromatic N) is 6. The first-order valence-corrected chi connectivity index (χ1v) is 9.61. The van der Waals surface area contributed by atoms with Crippen molar-refractivity contribution in [3.8, 4) is 11.1 Å². The molecule has 1 atom stereocenters. The van der Waals surface area contributed by atoms with Crippen LogP contribution < -0.4 is 4.90 Å². The Morgan fingerprint density at radius 2 is 2.14 bits per heavy atom. The van der Waals surface area contributed by atoms with Crippen molar-refractivity contribution in [2.45, 2.75) is 12.6 Å². The van der Waals surface area contributed by atoms with E-state index in [-0.39, 0.29) is 11.9 Å². The molecule has 3 aromatic rings. The van der Waals surface area contributed by atoms with Crippen LogP contribution in [0.2, 0.25) is 0 Å². The molecule has 0 spiro atoms. The third-order valence-corrected chi connectivity index (χ3v) is 4.96. The standard InChI is InChI=1S/C21H25FN6O/c1-26(2)21-23-11-18(16-5-4-6-17(22)9-16)20(25-21)19-14-28(7-8-29-19)13-15-10-24-27(3)12-15/h4-6,9-12,19H,7-8,13-14H2,1-3H3/t19-/m0/s1. The number of hydrogen-bond donors (Lipinski definition) is 0. The topological polar surface area (TPSA) is 59.3 Å². The highest BCUT2D eigenvalue weighted by molar-refractivity contribution is 5.66. The van der Waals surface area contributed by atoms with Crippen molar-refractivity contribution >= 4 is 5.95 Å². The number of hydrogen-bond acceptors (Lipinski definition) is 6. The Kier molecular flexibility index (Phi) is 5.55. The molecule has 29 heavy (non-hydrogen) atoms. The molecule has 3 heterocycles. The lowest BCUT2D eigenvalue weighted by molar-refractivity contribution is -0.0347. The van der Waals surface area contributed by atoms with E-state index < -0.39 is 0 Å². The van der Waals surface area contributed by atoms with Gasteiger partial charge >= 0.3 is 0 Å². The van der Waals surface area contributed by atoms with Crippen molar-refractivity contribution in [1.29, 1.82) is 0 Å². The summed E-state index contributed by atoms with van der Waals surface area (Å²) in [6.07, 6.45) is 5.45. The summed E-state index contributed by atoms with van der Waals surface area (Å²) in [6, 6.07) is 6.51. The van der Waals surface area contributed by atoms with E-state index in [2.05, 4.69) is 15.0 Å². The molecule has 0 unspecified atom stereocenters. The zero-order valence-electron chi connectivity index (χ0n) is 16.9. The fourth-order valence-corrected chi connectivity index (χ4v) is 3.55. The number of rotatable bonds is 5. The number of anilines is 1. The van der Waals surface area contributed by atoms with E-state index in [4.69, 9.17) is 9.72 Å². The fourth-order valence-electron chi connectivity index (χ4n) is 3.55. The van der Waals surface area contributed by atoms with Crippen LogP contribution in [-0.2, 0) is 18.3 Å². The normalized spacial score (nSPS) is 17.4. The quantitative estimate of drug-likeness (QED) is 0.661. The van der Waals surface area contributed by atoms with E-state index >= 15 is 0 Å². The molecule has 1 aliphatic heterocycles. The molecule has 0 N–H and O–H groups in total. The SMILES string of the molecule is CN(C)c1ncc(-c2cccc(F)c2)c([C@@H]2CN(Cc3cnn(C)c3)CCO2)n1. The lowest BCUT2D eigenvalue weighted by Gasteiger charge is -2.33. The largest absolute Gasteiger partial charge is 0.369 e. The van der Waals surface area contributed by atoms with Gasteiger partial charge in [0, 0.05) is 64.3 Å². The number of benzene rings is 1. The predicted octanol–water partition coefficient (Wildman–Crippen LogP) is 2.66. The number of aromatic nitrogens is 4. The Bertz CT molecular complexity index is 989. The van der Waals surface area contributed by atoms with E-state index in [1.807, 2.05) is 49.2 Å². The first-order chi connectivity index (χ1) is 14.0. The first-order valence-electron chi connectivity index (χ1n) is 9.61. The second kappa shape index (κ2) is 8.26. The lowest BCUT2D eigenvalue weighted by Crippen LogP contribution is -2.38. The second-order valence-corrected chi connectivity index (χ2v) is 7.49. The van der Waals surface area contributed by atoms with Crippen LogP contribution >= 0.6 is 0 Å². The van der Waals surface area contributed by atoms with Crippen LogP contribution in [0.5, 0.6) is 0 Å². The van der Waals surface area contributed by atoms with Crippen molar-refractivity contribution < 1.29 is 9.13 Å². The van der Waals surface area contributed by atoms with Crippen LogP contribution in [0, 0.1) is 5.82 Å². The van der Waals surface area contributed by atoms with Gasteiger partial charge in [0.15, 0.2) is 0 Å². The van der Waals surface area contributed by atoms with Gasteiger partial charge in [-0.05, 0) is 17.7 Å². The van der Waals surface area contributed by atoms with E-state index in [9.17, 15) is 4.39 Å². The predicted molar refractivity (Wildman–Crippen MR) is 109 cm³/mol. The van der Waals surface area contributed by atoms with Gasteiger partial charge in [0.1, 0.15) is 11.9 Å². The maximum absolute atomic E-state index is 13.8. The van der Waals surface area contributed by atoms with Crippen LogP contribution in [0.15, 0.2) is 42.9 Å². The summed E-state index contributed by atoms with van der Waals surface area (Å²) in [5.74, 6) is 0.320. The first kappa shape index (κ1) is 19.5. The summed E-state index contributed by atoms with van der Waals surface area (Å²) in [7, 11) is 5.72. The molecule has 0 saturated carbocycles. The van der Waals surface area contributed by atoms with Crippen LogP contribution in [0.1, 0.15) is 17.4 Å². The second-order valence-electron chi connectivity index (χ2n) is 7.49. The van der Waals surface area contributed by atoms with E-state index in [0.29, 0.717) is 19.1 Å². The highest BCUT2D eigenvalue weighted by Gasteiger charge is 2.27. The Morgan fingerprint density at radius 1 is 1.28 bits per heavy atom. The third-order valence-electron chi connectivity index (χ3n) is 4.96. The molecule has 1 aromatic carbocycles. The zero-order chi connectivity index (χ0) is 20.4. The van der Waals surface area contributed by atoms with Crippen LogP contribution in [0.3, 0.4) is 0 Å². The molecule has 4 rings (SSSR count). The Hall–Kier alpha value is -2.84. The average molecular weight is 396 g/mol. The molecule has 0 bridgehead atoms. The van der Waals surface area contributed by atoms with Crippen LogP contribution in [0.4, 0.5) is 10.3 Å². The summed E-state index contributed by atoms with van der Waals surface area (Å²) in [5.41, 5.74) is 3.49. The van der Waals surface area contributed by atoms with Crippen molar-refractivity contribution in [2.75, 3.05) is 38.7 Å². The van der Waals surface area contributed by atoms with Gasteiger partial charge in [-0.15, -0.1) is 0 Å². The van der Waals surface area contributed by atoms with Gasteiger partial charge in [-0.1, -0.05) is 12.1 Å². The van der Waals surface area contributed by atoms with Gasteiger partial charge in [-0.25, -0.2) is 14.4 Å². The molecular formula is C21H25FN6O. The molecule has 0 amide bonds. The highest BCUT2D eigenvalue weighted by atomic mass is 19.1. The maximum Gasteiger partial charge on any atom is 0.225 e. The van der Waals surface area contributed by atoms with Gasteiger partial charge in [0.25, 0.3) is 0 Å². The molecule has 152 valence electrons. The summed E-state index contributed by atoms with van der Waals surface area (Å²) in [4.78, 5) is 13.4. The number of ether oxygens (including phenoxy) is 1. The zero-order valence-corrected chi connectivity index (χ0v) is 16.9. The third kappa shape index (κ3) is 4.44. The van der Waals surface area contributed by atoms with Crippen LogP contribution in [0.25, 0.3) is 11.1 Å². The molecule has 2 aromatic heterocycles. The van der Waals surface area contributed by atoms with E-state index in [1.165, 1.54) is 12.1 Å². The van der Waals surface area contributed by atoms with Crippen molar-refractivity contribution in [2.24, 2.45) is 7.05 Å². The minimum absolute atomic E-state index is 0.222. The van der Waals surface area contributed by atoms with Gasteiger partial charge in [-0.2, -0.15) is 5.10 Å². The van der Waals surface area contributed by atoms with Gasteiger partial charge in [0.05, 0.1) is 18.5 Å². The molecular weight excluding hydrogens is 371 g/mol. The van der Waals surface area contributed by atoms with E-state index in [1.54, 1.807) is 12.3 Å². The Balaban J connectivity index is 1.65. The van der Waals surface area contributed by atoms with Crippen molar-refractivity contribution in [3.63, 3.8) is 0 Å². The minimum atomic E-state index is -0.284. The maximum atomic E-state index is 13.8. The molecule has 7 nitrogen and oxygen atoms in total. The lowest BCUT2D eigenvalue weighted by atomic mass is 10.0. The van der Waals surface area contributed by atoms with Crippen LogP contribution in [-0.4, -0.2) is 58.4 Å². The molecule has 1 fully saturated rings. The molecule has 0 aliphatic carbocycles. The summed E-state index contributed by atoms with van der Waals surface area (Å²) in [6.45, 7) is 2.94. The fraction of sp³-hybridized carbons (Fsp3) is 0.381. The summed E-state index contributed by atoms with van der Waals surface area (Å²) >= 11 is 0. The summed E-state index contributed by atoms with van der Waals surface area (Å²) < 4.78 is 21.8. The molecule has 8 heteroatoms. The van der Waals surface area contributed by atoms with Gasteiger partial charge in [-0.3, -0.25) is 9.58 Å². The number of morpholine rings is 1. The Morgan fingerprint density at radius 3 is 2.86 bits per heavy atom. The van der Waals surface area contributed by atoms with Crippen molar-refractivity contribution in [3.05, 3.63) is 59.9 Å². The summed E-state index contributed by atoms with van der Waals surface area (Å²) in [5, 5.41) is 4.25. The average Bonchev–Trinajstić information content (AvgIpc) is 3.12. The van der Waals surface area contributed by atoms with Gasteiger partial charge in [0.2, 0.25) is 5.95 Å². The van der Waals surface area contributed by atoms with E-state index in [0.717, 1.165) is 35.5 Å².